The van der Waals surface area contributed by atoms with Crippen molar-refractivity contribution in [2.75, 3.05) is 26.3 Å². The van der Waals surface area contributed by atoms with Crippen molar-refractivity contribution in [3.8, 4) is 5.75 Å². The van der Waals surface area contributed by atoms with Crippen molar-refractivity contribution in [3.63, 3.8) is 0 Å². The monoisotopic (exact) mass is 374 g/mol. The van der Waals surface area contributed by atoms with E-state index in [1.54, 1.807) is 0 Å². The predicted octanol–water partition coefficient (Wildman–Crippen LogP) is 2.30. The van der Waals surface area contributed by atoms with Crippen molar-refractivity contribution >= 4 is 11.8 Å². The zero-order valence-electron chi connectivity index (χ0n) is 16.1. The molecule has 3 rings (SSSR count). The molecule has 0 aromatic heterocycles. The van der Waals surface area contributed by atoms with Gasteiger partial charge in [0.15, 0.2) is 6.61 Å². The molecule has 6 heteroatoms. The summed E-state index contributed by atoms with van der Waals surface area (Å²) < 4.78 is 11.1. The van der Waals surface area contributed by atoms with Crippen molar-refractivity contribution in [1.29, 1.82) is 0 Å². The molecule has 148 valence electrons. The summed E-state index contributed by atoms with van der Waals surface area (Å²) in [5, 5.41) is 3.06. The molecule has 2 fully saturated rings. The van der Waals surface area contributed by atoms with E-state index in [2.05, 4.69) is 12.2 Å². The van der Waals surface area contributed by atoms with Gasteiger partial charge in [-0.15, -0.1) is 0 Å². The zero-order chi connectivity index (χ0) is 19.1. The molecular weight excluding hydrogens is 344 g/mol. The summed E-state index contributed by atoms with van der Waals surface area (Å²) in [5.41, 5.74) is 1.28. The average Bonchev–Trinajstić information content (AvgIpc) is 3.23. The van der Waals surface area contributed by atoms with Crippen molar-refractivity contribution in [2.24, 2.45) is 0 Å². The van der Waals surface area contributed by atoms with Crippen LogP contribution in [0.15, 0.2) is 24.3 Å². The number of likely N-dealkylation sites (tertiary alicyclic amines) is 1. The molecule has 0 aliphatic carbocycles. The molecule has 27 heavy (non-hydrogen) atoms. The summed E-state index contributed by atoms with van der Waals surface area (Å²) in [7, 11) is 0. The van der Waals surface area contributed by atoms with E-state index in [4.69, 9.17) is 9.47 Å². The highest BCUT2D eigenvalue weighted by Crippen LogP contribution is 2.16. The van der Waals surface area contributed by atoms with Gasteiger partial charge < -0.3 is 19.7 Å². The molecule has 2 amide bonds. The topological polar surface area (TPSA) is 67.9 Å². The standard InChI is InChI=1S/C21H30N2O4/c1-2-4-16-6-8-18(9-7-16)27-15-20(24)23-12-10-17(11-13-23)22-21(25)19-5-3-14-26-19/h6-9,17,19H,2-5,10-15H2,1H3,(H,22,25). The number of rotatable bonds is 7. The fraction of sp³-hybridized carbons (Fsp3) is 0.619. The molecule has 1 atom stereocenters. The van der Waals surface area contributed by atoms with Crippen LogP contribution in [-0.2, 0) is 20.7 Å². The number of piperidine rings is 1. The van der Waals surface area contributed by atoms with Gasteiger partial charge >= 0.3 is 0 Å². The summed E-state index contributed by atoms with van der Waals surface area (Å²) in [6.07, 6.45) is 5.18. The molecule has 1 aromatic rings. The molecule has 0 bridgehead atoms. The van der Waals surface area contributed by atoms with E-state index in [1.165, 1.54) is 5.56 Å². The Morgan fingerprint density at radius 2 is 1.93 bits per heavy atom. The predicted molar refractivity (Wildman–Crippen MR) is 103 cm³/mol. The minimum atomic E-state index is -0.290. The van der Waals surface area contributed by atoms with Crippen LogP contribution in [0.25, 0.3) is 0 Å². The molecule has 2 saturated heterocycles. The van der Waals surface area contributed by atoms with Gasteiger partial charge in [0.1, 0.15) is 11.9 Å². The molecule has 2 heterocycles. The fourth-order valence-electron chi connectivity index (χ4n) is 3.63. The third kappa shape index (κ3) is 5.70. The van der Waals surface area contributed by atoms with Gasteiger partial charge in [-0.2, -0.15) is 0 Å². The van der Waals surface area contributed by atoms with Gasteiger partial charge in [0.05, 0.1) is 0 Å². The first-order chi connectivity index (χ1) is 13.2. The molecule has 2 aliphatic heterocycles. The van der Waals surface area contributed by atoms with Crippen molar-refractivity contribution in [1.82, 2.24) is 10.2 Å². The molecule has 0 spiro atoms. The summed E-state index contributed by atoms with van der Waals surface area (Å²) in [5.74, 6) is 0.714. The Hall–Kier alpha value is -2.08. The van der Waals surface area contributed by atoms with Crippen LogP contribution in [0.2, 0.25) is 0 Å². The van der Waals surface area contributed by atoms with Crippen molar-refractivity contribution < 1.29 is 19.1 Å². The minimum Gasteiger partial charge on any atom is -0.484 e. The van der Waals surface area contributed by atoms with Gasteiger partial charge in [-0.1, -0.05) is 25.5 Å². The number of carbonyl (C=O) groups excluding carboxylic acids is 2. The summed E-state index contributed by atoms with van der Waals surface area (Å²) in [6, 6.07) is 8.06. The molecule has 2 aliphatic rings. The molecule has 0 saturated carbocycles. The van der Waals surface area contributed by atoms with Crippen LogP contribution in [0.3, 0.4) is 0 Å². The maximum atomic E-state index is 12.4. The number of nitrogens with zero attached hydrogens (tertiary/aromatic N) is 1. The lowest BCUT2D eigenvalue weighted by Crippen LogP contribution is -2.49. The Morgan fingerprint density at radius 3 is 2.56 bits per heavy atom. The van der Waals surface area contributed by atoms with E-state index in [-0.39, 0.29) is 30.6 Å². The van der Waals surface area contributed by atoms with Gasteiger partial charge in [0.2, 0.25) is 5.91 Å². The minimum absolute atomic E-state index is 0.00321. The lowest BCUT2D eigenvalue weighted by atomic mass is 10.0. The lowest BCUT2D eigenvalue weighted by Gasteiger charge is -2.32. The highest BCUT2D eigenvalue weighted by atomic mass is 16.5. The Kier molecular flexibility index (Phi) is 7.10. The van der Waals surface area contributed by atoms with E-state index < -0.39 is 0 Å². The Bertz CT molecular complexity index is 618. The van der Waals surface area contributed by atoms with Crippen molar-refractivity contribution in [3.05, 3.63) is 29.8 Å². The summed E-state index contributed by atoms with van der Waals surface area (Å²) in [4.78, 5) is 26.3. The quantitative estimate of drug-likeness (QED) is 0.795. The van der Waals surface area contributed by atoms with Gasteiger partial charge in [-0.05, 0) is 49.8 Å². The second-order valence-electron chi connectivity index (χ2n) is 7.35. The van der Waals surface area contributed by atoms with Crippen LogP contribution in [0.1, 0.15) is 44.6 Å². The number of carbonyl (C=O) groups is 2. The van der Waals surface area contributed by atoms with Gasteiger partial charge in [-0.3, -0.25) is 9.59 Å². The SMILES string of the molecule is CCCc1ccc(OCC(=O)N2CCC(NC(=O)C3CCCO3)CC2)cc1. The van der Waals surface area contributed by atoms with Gasteiger partial charge in [0.25, 0.3) is 5.91 Å². The highest BCUT2D eigenvalue weighted by molar-refractivity contribution is 5.81. The first-order valence-electron chi connectivity index (χ1n) is 10.1. The van der Waals surface area contributed by atoms with Crippen LogP contribution in [0.4, 0.5) is 0 Å². The number of hydrogen-bond acceptors (Lipinski definition) is 4. The Balaban J connectivity index is 1.37. The first-order valence-corrected chi connectivity index (χ1v) is 10.1. The molecule has 1 aromatic carbocycles. The molecular formula is C21H30N2O4. The van der Waals surface area contributed by atoms with Crippen LogP contribution in [-0.4, -0.2) is 55.2 Å². The van der Waals surface area contributed by atoms with E-state index in [1.807, 2.05) is 29.2 Å². The maximum Gasteiger partial charge on any atom is 0.260 e. The molecule has 6 nitrogen and oxygen atoms in total. The Morgan fingerprint density at radius 1 is 1.19 bits per heavy atom. The summed E-state index contributed by atoms with van der Waals surface area (Å²) >= 11 is 0. The van der Waals surface area contributed by atoms with Crippen LogP contribution >= 0.6 is 0 Å². The molecule has 1 N–H and O–H groups in total. The number of hydrogen-bond donors (Lipinski definition) is 1. The van der Waals surface area contributed by atoms with Gasteiger partial charge in [-0.25, -0.2) is 0 Å². The van der Waals surface area contributed by atoms with Crippen molar-refractivity contribution in [2.45, 2.75) is 57.6 Å². The fourth-order valence-corrected chi connectivity index (χ4v) is 3.63. The summed E-state index contributed by atoms with van der Waals surface area (Å²) in [6.45, 7) is 4.18. The Labute approximate surface area is 161 Å². The number of nitrogens with one attached hydrogen (secondary N) is 1. The number of aryl methyl sites for hydroxylation is 1. The maximum absolute atomic E-state index is 12.4. The van der Waals surface area contributed by atoms with E-state index >= 15 is 0 Å². The molecule has 1 unspecified atom stereocenters. The van der Waals surface area contributed by atoms with Crippen LogP contribution in [0, 0.1) is 0 Å². The highest BCUT2D eigenvalue weighted by Gasteiger charge is 2.28. The number of ether oxygens (including phenoxy) is 2. The van der Waals surface area contributed by atoms with Gasteiger partial charge in [0, 0.05) is 25.7 Å². The lowest BCUT2D eigenvalue weighted by molar-refractivity contribution is -0.135. The third-order valence-corrected chi connectivity index (χ3v) is 5.24. The smallest absolute Gasteiger partial charge is 0.260 e. The van der Waals surface area contributed by atoms with E-state index in [9.17, 15) is 9.59 Å². The number of benzene rings is 1. The van der Waals surface area contributed by atoms with E-state index in [0.717, 1.165) is 44.3 Å². The largest absolute Gasteiger partial charge is 0.484 e. The molecule has 0 radical (unpaired) electrons. The normalized spacial score (nSPS) is 20.5. The third-order valence-electron chi connectivity index (χ3n) is 5.24. The zero-order valence-corrected chi connectivity index (χ0v) is 16.1. The van der Waals surface area contributed by atoms with E-state index in [0.29, 0.717) is 19.7 Å². The van der Waals surface area contributed by atoms with Crippen LogP contribution in [0.5, 0.6) is 5.75 Å². The second-order valence-corrected chi connectivity index (χ2v) is 7.35. The first kappa shape index (κ1) is 19.7. The van der Waals surface area contributed by atoms with Crippen LogP contribution < -0.4 is 10.1 Å². The number of amides is 2. The second kappa shape index (κ2) is 9.74. The average molecular weight is 374 g/mol.